The van der Waals surface area contributed by atoms with E-state index in [0.717, 1.165) is 9.80 Å². The molecule has 0 radical (unpaired) electrons. The minimum absolute atomic E-state index is 0.0869. The van der Waals surface area contributed by atoms with Gasteiger partial charge in [-0.1, -0.05) is 26.0 Å². The highest BCUT2D eigenvalue weighted by Gasteiger charge is 2.37. The standard InChI is InChI=1S/C21H31FN2O5/c1-13(2)17(19(26)27)24(7)18(25)16(12-14-8-10-15(22)11-9-14)23(6)20(28)29-21(3,4)5/h8-11,13,16-17H,12H2,1-7H3,(H,26,27)/t16-,17-/m0/s1. The summed E-state index contributed by atoms with van der Waals surface area (Å²) in [6.45, 7) is 8.53. The van der Waals surface area contributed by atoms with Crippen molar-refractivity contribution in [2.75, 3.05) is 14.1 Å². The zero-order valence-corrected chi connectivity index (χ0v) is 18.1. The Bertz CT molecular complexity index is 728. The highest BCUT2D eigenvalue weighted by Crippen LogP contribution is 2.18. The van der Waals surface area contributed by atoms with Crippen LogP contribution in [0.2, 0.25) is 0 Å². The van der Waals surface area contributed by atoms with Crippen LogP contribution in [-0.2, 0) is 20.7 Å². The molecule has 7 nitrogen and oxygen atoms in total. The van der Waals surface area contributed by atoms with Gasteiger partial charge in [-0.2, -0.15) is 0 Å². The molecular formula is C21H31FN2O5. The lowest BCUT2D eigenvalue weighted by molar-refractivity contribution is -0.152. The van der Waals surface area contributed by atoms with Crippen LogP contribution in [0.1, 0.15) is 40.2 Å². The zero-order valence-electron chi connectivity index (χ0n) is 18.1. The Morgan fingerprint density at radius 2 is 1.59 bits per heavy atom. The number of carboxylic acid groups (broad SMARTS) is 1. The Labute approximate surface area is 171 Å². The van der Waals surface area contributed by atoms with E-state index in [2.05, 4.69) is 0 Å². The van der Waals surface area contributed by atoms with Crippen LogP contribution in [0.5, 0.6) is 0 Å². The maximum Gasteiger partial charge on any atom is 0.410 e. The fourth-order valence-electron chi connectivity index (χ4n) is 2.96. The smallest absolute Gasteiger partial charge is 0.410 e. The first-order chi connectivity index (χ1) is 13.2. The molecule has 2 atom stereocenters. The Balaban J connectivity index is 3.23. The van der Waals surface area contributed by atoms with Crippen molar-refractivity contribution in [3.8, 4) is 0 Å². The molecule has 0 unspecified atom stereocenters. The number of benzene rings is 1. The number of carbonyl (C=O) groups excluding carboxylic acids is 2. The molecule has 0 saturated carbocycles. The molecule has 0 heterocycles. The van der Waals surface area contributed by atoms with E-state index < -0.39 is 41.5 Å². The molecule has 1 aromatic rings. The number of aliphatic carboxylic acids is 1. The van der Waals surface area contributed by atoms with Crippen LogP contribution in [0.15, 0.2) is 24.3 Å². The Morgan fingerprint density at radius 1 is 1.07 bits per heavy atom. The maximum absolute atomic E-state index is 13.2. The number of nitrogens with zero attached hydrogens (tertiary/aromatic N) is 2. The molecule has 162 valence electrons. The largest absolute Gasteiger partial charge is 0.480 e. The van der Waals surface area contributed by atoms with E-state index in [9.17, 15) is 23.9 Å². The fourth-order valence-corrected chi connectivity index (χ4v) is 2.96. The van der Waals surface area contributed by atoms with Crippen molar-refractivity contribution < 1.29 is 28.6 Å². The van der Waals surface area contributed by atoms with E-state index in [-0.39, 0.29) is 12.3 Å². The molecule has 1 rings (SSSR count). The van der Waals surface area contributed by atoms with E-state index in [4.69, 9.17) is 4.74 Å². The quantitative estimate of drug-likeness (QED) is 0.746. The predicted octanol–water partition coefficient (Wildman–Crippen LogP) is 3.17. The average Bonchev–Trinajstić information content (AvgIpc) is 2.57. The van der Waals surface area contributed by atoms with Crippen molar-refractivity contribution in [1.29, 1.82) is 0 Å². The van der Waals surface area contributed by atoms with Crippen molar-refractivity contribution in [2.24, 2.45) is 5.92 Å². The lowest BCUT2D eigenvalue weighted by Crippen LogP contribution is -2.55. The number of halogens is 1. The normalized spacial score (nSPS) is 13.6. The van der Waals surface area contributed by atoms with Crippen LogP contribution in [0.3, 0.4) is 0 Å². The van der Waals surface area contributed by atoms with E-state index >= 15 is 0 Å². The molecule has 0 bridgehead atoms. The van der Waals surface area contributed by atoms with Crippen LogP contribution < -0.4 is 0 Å². The van der Waals surface area contributed by atoms with Crippen molar-refractivity contribution in [3.05, 3.63) is 35.6 Å². The second-order valence-corrected chi connectivity index (χ2v) is 8.41. The Morgan fingerprint density at radius 3 is 2.00 bits per heavy atom. The number of carbonyl (C=O) groups is 3. The molecule has 2 amide bonds. The molecule has 0 aliphatic carbocycles. The monoisotopic (exact) mass is 410 g/mol. The lowest BCUT2D eigenvalue weighted by atomic mass is 9.99. The predicted molar refractivity (Wildman–Crippen MR) is 107 cm³/mol. The summed E-state index contributed by atoms with van der Waals surface area (Å²) >= 11 is 0. The number of amides is 2. The zero-order chi connectivity index (χ0) is 22.5. The second-order valence-electron chi connectivity index (χ2n) is 8.41. The molecule has 0 spiro atoms. The number of hydrogen-bond donors (Lipinski definition) is 1. The number of carboxylic acids is 1. The van der Waals surface area contributed by atoms with Crippen LogP contribution in [0.4, 0.5) is 9.18 Å². The highest BCUT2D eigenvalue weighted by molar-refractivity contribution is 5.89. The van der Waals surface area contributed by atoms with E-state index in [1.54, 1.807) is 34.6 Å². The van der Waals surface area contributed by atoms with Gasteiger partial charge in [-0.05, 0) is 44.4 Å². The number of rotatable bonds is 7. The van der Waals surface area contributed by atoms with Crippen molar-refractivity contribution in [1.82, 2.24) is 9.80 Å². The van der Waals surface area contributed by atoms with Gasteiger partial charge < -0.3 is 14.7 Å². The Kier molecular flexibility index (Phi) is 8.17. The molecule has 29 heavy (non-hydrogen) atoms. The molecule has 0 saturated heterocycles. The summed E-state index contributed by atoms with van der Waals surface area (Å²) in [5.74, 6) is -2.42. The van der Waals surface area contributed by atoms with Gasteiger partial charge in [-0.15, -0.1) is 0 Å². The topological polar surface area (TPSA) is 87.2 Å². The number of ether oxygens (including phenoxy) is 1. The summed E-state index contributed by atoms with van der Waals surface area (Å²) in [5.41, 5.74) is -0.132. The van der Waals surface area contributed by atoms with E-state index in [1.807, 2.05) is 0 Å². The third-order valence-corrected chi connectivity index (χ3v) is 4.43. The van der Waals surface area contributed by atoms with Crippen molar-refractivity contribution >= 4 is 18.0 Å². The minimum Gasteiger partial charge on any atom is -0.480 e. The lowest BCUT2D eigenvalue weighted by Gasteiger charge is -2.35. The van der Waals surface area contributed by atoms with Gasteiger partial charge in [0.15, 0.2) is 0 Å². The second kappa shape index (κ2) is 9.71. The summed E-state index contributed by atoms with van der Waals surface area (Å²) in [6.07, 6.45) is -0.619. The molecule has 8 heteroatoms. The van der Waals surface area contributed by atoms with Crippen molar-refractivity contribution in [2.45, 2.75) is 58.7 Å². The van der Waals surface area contributed by atoms with Gasteiger partial charge in [0.05, 0.1) is 0 Å². The summed E-state index contributed by atoms with van der Waals surface area (Å²) in [4.78, 5) is 39.7. The van der Waals surface area contributed by atoms with Crippen LogP contribution in [0.25, 0.3) is 0 Å². The highest BCUT2D eigenvalue weighted by atomic mass is 19.1. The first-order valence-corrected chi connectivity index (χ1v) is 9.44. The van der Waals surface area contributed by atoms with Gasteiger partial charge in [-0.25, -0.2) is 14.0 Å². The average molecular weight is 410 g/mol. The summed E-state index contributed by atoms with van der Waals surface area (Å²) in [5, 5.41) is 9.52. The van der Waals surface area contributed by atoms with Gasteiger partial charge in [0.2, 0.25) is 5.91 Å². The van der Waals surface area contributed by atoms with Gasteiger partial charge in [0.1, 0.15) is 23.5 Å². The van der Waals surface area contributed by atoms with Gasteiger partial charge >= 0.3 is 12.1 Å². The fraction of sp³-hybridized carbons (Fsp3) is 0.571. The van der Waals surface area contributed by atoms with Crippen LogP contribution in [-0.4, -0.2) is 64.7 Å². The molecule has 0 aromatic heterocycles. The molecule has 0 fully saturated rings. The summed E-state index contributed by atoms with van der Waals surface area (Å²) < 4.78 is 18.6. The van der Waals surface area contributed by atoms with E-state index in [0.29, 0.717) is 5.56 Å². The molecule has 1 N–H and O–H groups in total. The summed E-state index contributed by atoms with van der Waals surface area (Å²) in [6, 6.07) is 3.52. The van der Waals surface area contributed by atoms with Crippen LogP contribution in [0, 0.1) is 11.7 Å². The van der Waals surface area contributed by atoms with Gasteiger partial charge in [-0.3, -0.25) is 9.69 Å². The third-order valence-electron chi connectivity index (χ3n) is 4.43. The van der Waals surface area contributed by atoms with Crippen LogP contribution >= 0.6 is 0 Å². The molecule has 0 aliphatic heterocycles. The first-order valence-electron chi connectivity index (χ1n) is 9.44. The summed E-state index contributed by atoms with van der Waals surface area (Å²) in [7, 11) is 2.83. The third kappa shape index (κ3) is 7.03. The van der Waals surface area contributed by atoms with Crippen molar-refractivity contribution in [3.63, 3.8) is 0 Å². The number of likely N-dealkylation sites (N-methyl/N-ethyl adjacent to an activating group) is 2. The van der Waals surface area contributed by atoms with E-state index in [1.165, 1.54) is 38.4 Å². The molecular weight excluding hydrogens is 379 g/mol. The van der Waals surface area contributed by atoms with Gasteiger partial charge in [0, 0.05) is 20.5 Å². The molecule has 0 aliphatic rings. The molecule has 1 aromatic carbocycles. The van der Waals surface area contributed by atoms with Gasteiger partial charge in [0.25, 0.3) is 0 Å². The minimum atomic E-state index is -1.13. The first kappa shape index (κ1) is 24.4. The maximum atomic E-state index is 13.2. The Hall–Kier alpha value is -2.64. The SMILES string of the molecule is CC(C)[C@@H](C(=O)O)N(C)C(=O)[C@H](Cc1ccc(F)cc1)N(C)C(=O)OC(C)(C)C. The number of hydrogen-bond acceptors (Lipinski definition) is 4.